The lowest BCUT2D eigenvalue weighted by molar-refractivity contribution is -0.249. The smallest absolute Gasteiger partial charge is 0.459 e. The summed E-state index contributed by atoms with van der Waals surface area (Å²) in [5.74, 6) is -4.50. The molecule has 0 spiro atoms. The summed E-state index contributed by atoms with van der Waals surface area (Å²) in [4.78, 5) is 4.54. The van der Waals surface area contributed by atoms with Crippen molar-refractivity contribution in [3.05, 3.63) is 77.4 Å². The average Bonchev–Trinajstić information content (AvgIpc) is 3.25. The Morgan fingerprint density at radius 3 is 2.39 bits per heavy atom. The molecule has 172 valence electrons. The Morgan fingerprint density at radius 1 is 0.970 bits per heavy atom. The van der Waals surface area contributed by atoms with Gasteiger partial charge in [-0.15, -0.1) is 0 Å². The van der Waals surface area contributed by atoms with Gasteiger partial charge in [0.2, 0.25) is 0 Å². The largest absolute Gasteiger partial charge is 0.497 e. The highest BCUT2D eigenvalue weighted by atomic mass is 35.5. The minimum absolute atomic E-state index is 0.159. The third-order valence-corrected chi connectivity index (χ3v) is 5.53. The number of hydrogen-bond acceptors (Lipinski definition) is 4. The second-order valence-corrected chi connectivity index (χ2v) is 7.72. The molecule has 4 nitrogen and oxygen atoms in total. The molecule has 1 aliphatic rings. The van der Waals surface area contributed by atoms with Crippen LogP contribution >= 0.6 is 11.6 Å². The van der Waals surface area contributed by atoms with Crippen LogP contribution in [0.25, 0.3) is 11.3 Å². The molecule has 33 heavy (non-hydrogen) atoms. The van der Waals surface area contributed by atoms with E-state index in [0.29, 0.717) is 17.0 Å². The summed E-state index contributed by atoms with van der Waals surface area (Å²) in [6.07, 6.45) is -6.45. The molecule has 1 aliphatic heterocycles. The van der Waals surface area contributed by atoms with Crippen molar-refractivity contribution in [2.45, 2.75) is 24.6 Å². The minimum Gasteiger partial charge on any atom is -0.497 e. The number of pyridine rings is 1. The van der Waals surface area contributed by atoms with Crippen molar-refractivity contribution < 1.29 is 26.7 Å². The first-order chi connectivity index (χ1) is 15.6. The zero-order chi connectivity index (χ0) is 23.8. The van der Waals surface area contributed by atoms with Crippen LogP contribution in [0, 0.1) is 0 Å². The highest BCUT2D eigenvalue weighted by molar-refractivity contribution is 6.33. The van der Waals surface area contributed by atoms with Crippen molar-refractivity contribution >= 4 is 23.0 Å². The second kappa shape index (κ2) is 8.62. The molecule has 0 saturated carbocycles. The maximum Gasteiger partial charge on any atom is 0.459 e. The fourth-order valence-electron chi connectivity index (χ4n) is 3.53. The lowest BCUT2D eigenvalue weighted by atomic mass is 10.0. The Balaban J connectivity index is 1.78. The highest BCUT2D eigenvalue weighted by Crippen LogP contribution is 2.45. The van der Waals surface area contributed by atoms with Crippen LogP contribution in [0.5, 0.6) is 5.75 Å². The molecule has 1 atom stereocenters. The van der Waals surface area contributed by atoms with Gasteiger partial charge in [-0.25, -0.2) is 0 Å². The zero-order valence-corrected chi connectivity index (χ0v) is 17.9. The lowest BCUT2D eigenvalue weighted by Crippen LogP contribution is -2.43. The molecule has 10 heteroatoms. The number of ether oxygens (including phenoxy) is 1. The van der Waals surface area contributed by atoms with Crippen molar-refractivity contribution in [1.29, 1.82) is 0 Å². The van der Waals surface area contributed by atoms with E-state index in [2.05, 4.69) is 10.1 Å². The van der Waals surface area contributed by atoms with Gasteiger partial charge in [0.25, 0.3) is 0 Å². The Bertz CT molecular complexity index is 1200. The van der Waals surface area contributed by atoms with Crippen molar-refractivity contribution in [3.63, 3.8) is 0 Å². The summed E-state index contributed by atoms with van der Waals surface area (Å²) in [5, 5.41) is 4.92. The molecule has 1 aromatic heterocycles. The van der Waals surface area contributed by atoms with Gasteiger partial charge in [0.1, 0.15) is 17.5 Å². The Labute approximate surface area is 191 Å². The van der Waals surface area contributed by atoms with E-state index in [1.54, 1.807) is 54.6 Å². The standard InChI is InChI=1S/C23H17ClF5N3O/c1-33-15-7-4-6-14(12-15)17-9-5-10-18(30-17)20-13-21(22(25,26)23(27,28)29)31-32(20)19-11-3-2-8-16(19)24/h2-12,20H,13H2,1H3. The van der Waals surface area contributed by atoms with E-state index in [0.717, 1.165) is 5.01 Å². The topological polar surface area (TPSA) is 37.7 Å². The number of hydrazone groups is 1. The fraction of sp³-hybridized carbons (Fsp3) is 0.217. The quantitative estimate of drug-likeness (QED) is 0.371. The molecule has 2 aromatic carbocycles. The van der Waals surface area contributed by atoms with Crippen molar-refractivity contribution in [2.24, 2.45) is 5.10 Å². The highest BCUT2D eigenvalue weighted by Gasteiger charge is 2.63. The number of benzene rings is 2. The van der Waals surface area contributed by atoms with Crippen LogP contribution in [0.2, 0.25) is 5.02 Å². The first-order valence-corrected chi connectivity index (χ1v) is 10.2. The SMILES string of the molecule is COc1cccc(-c2cccc(C3CC(C(F)(F)C(F)(F)F)=NN3c3ccccc3Cl)n2)c1. The van der Waals surface area contributed by atoms with Gasteiger partial charge >= 0.3 is 12.1 Å². The fourth-order valence-corrected chi connectivity index (χ4v) is 3.76. The molecule has 4 rings (SSSR count). The van der Waals surface area contributed by atoms with Gasteiger partial charge < -0.3 is 4.74 Å². The summed E-state index contributed by atoms with van der Waals surface area (Å²) >= 11 is 6.21. The number of para-hydroxylation sites is 1. The first-order valence-electron chi connectivity index (χ1n) is 9.79. The number of aromatic nitrogens is 1. The summed E-state index contributed by atoms with van der Waals surface area (Å²) in [7, 11) is 1.52. The summed E-state index contributed by atoms with van der Waals surface area (Å²) in [6.45, 7) is 0. The normalized spacial score (nSPS) is 16.6. The van der Waals surface area contributed by atoms with Gasteiger partial charge in [0.05, 0.1) is 29.2 Å². The van der Waals surface area contributed by atoms with Crippen LogP contribution in [0.3, 0.4) is 0 Å². The molecule has 0 amide bonds. The molecule has 1 unspecified atom stereocenters. The summed E-state index contributed by atoms with van der Waals surface area (Å²) in [5.41, 5.74) is 0.369. The predicted molar refractivity (Wildman–Crippen MR) is 116 cm³/mol. The van der Waals surface area contributed by atoms with E-state index in [9.17, 15) is 22.0 Å². The number of nitrogens with zero attached hydrogens (tertiary/aromatic N) is 3. The second-order valence-electron chi connectivity index (χ2n) is 7.31. The number of anilines is 1. The van der Waals surface area contributed by atoms with Crippen LogP contribution in [-0.4, -0.2) is 29.9 Å². The van der Waals surface area contributed by atoms with Gasteiger partial charge in [-0.1, -0.05) is 41.9 Å². The van der Waals surface area contributed by atoms with E-state index in [4.69, 9.17) is 16.3 Å². The van der Waals surface area contributed by atoms with Gasteiger partial charge in [0.15, 0.2) is 0 Å². The predicted octanol–water partition coefficient (Wildman–Crippen LogP) is 6.92. The number of rotatable bonds is 5. The third kappa shape index (κ3) is 4.37. The first kappa shape index (κ1) is 23.0. The van der Waals surface area contributed by atoms with Crippen LogP contribution < -0.4 is 9.75 Å². The molecule has 0 aliphatic carbocycles. The summed E-state index contributed by atoms with van der Waals surface area (Å²) in [6, 6.07) is 17.2. The summed E-state index contributed by atoms with van der Waals surface area (Å²) < 4.78 is 72.8. The Kier molecular flexibility index (Phi) is 6.00. The van der Waals surface area contributed by atoms with Crippen molar-refractivity contribution in [1.82, 2.24) is 4.98 Å². The Hall–Kier alpha value is -3.20. The Morgan fingerprint density at radius 2 is 1.70 bits per heavy atom. The van der Waals surface area contributed by atoms with E-state index in [1.165, 1.54) is 19.2 Å². The van der Waals surface area contributed by atoms with E-state index in [-0.39, 0.29) is 16.4 Å². The van der Waals surface area contributed by atoms with E-state index in [1.807, 2.05) is 0 Å². The van der Waals surface area contributed by atoms with Crippen molar-refractivity contribution in [3.8, 4) is 17.0 Å². The number of halogens is 6. The van der Waals surface area contributed by atoms with Gasteiger partial charge in [-0.05, 0) is 36.4 Å². The number of methoxy groups -OCH3 is 1. The van der Waals surface area contributed by atoms with Gasteiger partial charge in [-0.2, -0.15) is 27.1 Å². The monoisotopic (exact) mass is 481 g/mol. The molecular weight excluding hydrogens is 465 g/mol. The van der Waals surface area contributed by atoms with E-state index >= 15 is 0 Å². The minimum atomic E-state index is -5.78. The van der Waals surface area contributed by atoms with Gasteiger partial charge in [0, 0.05) is 12.0 Å². The van der Waals surface area contributed by atoms with Crippen LogP contribution in [0.15, 0.2) is 71.8 Å². The molecule has 0 radical (unpaired) electrons. The average molecular weight is 482 g/mol. The molecular formula is C23H17ClF5N3O. The lowest BCUT2D eigenvalue weighted by Gasteiger charge is -2.24. The molecule has 2 heterocycles. The van der Waals surface area contributed by atoms with Crippen molar-refractivity contribution in [2.75, 3.05) is 12.1 Å². The molecule has 0 N–H and O–H groups in total. The van der Waals surface area contributed by atoms with Gasteiger partial charge in [-0.3, -0.25) is 9.99 Å². The van der Waals surface area contributed by atoms with Crippen LogP contribution in [-0.2, 0) is 0 Å². The maximum atomic E-state index is 14.2. The number of alkyl halides is 5. The molecule has 0 saturated heterocycles. The molecule has 3 aromatic rings. The number of hydrogen-bond donors (Lipinski definition) is 0. The van der Waals surface area contributed by atoms with Crippen LogP contribution in [0.4, 0.5) is 27.6 Å². The maximum absolute atomic E-state index is 14.2. The molecule has 0 bridgehead atoms. The van der Waals surface area contributed by atoms with Crippen LogP contribution in [0.1, 0.15) is 18.2 Å². The zero-order valence-electron chi connectivity index (χ0n) is 17.2. The molecule has 0 fully saturated rings. The third-order valence-electron chi connectivity index (χ3n) is 5.21. The van der Waals surface area contributed by atoms with E-state index < -0.39 is 30.3 Å².